The summed E-state index contributed by atoms with van der Waals surface area (Å²) < 4.78 is 6.88. The normalized spacial score (nSPS) is 14.1. The smallest absolute Gasteiger partial charge is 0.225 e. The second-order valence-electron chi connectivity index (χ2n) is 7.83. The predicted molar refractivity (Wildman–Crippen MR) is 122 cm³/mol. The quantitative estimate of drug-likeness (QED) is 0.504. The van der Waals surface area contributed by atoms with Crippen LogP contribution in [0.5, 0.6) is 0 Å². The fourth-order valence-corrected chi connectivity index (χ4v) is 3.56. The molecule has 0 unspecified atom stereocenters. The van der Waals surface area contributed by atoms with Crippen LogP contribution in [-0.4, -0.2) is 69.8 Å². The van der Waals surface area contributed by atoms with Gasteiger partial charge in [-0.3, -0.25) is 14.5 Å². The Labute approximate surface area is 191 Å². The molecule has 1 aliphatic rings. The van der Waals surface area contributed by atoms with Crippen molar-refractivity contribution in [3.63, 3.8) is 0 Å². The molecule has 2 amide bonds. The van der Waals surface area contributed by atoms with Crippen LogP contribution in [0.25, 0.3) is 5.69 Å². The Morgan fingerprint density at radius 1 is 1.00 bits per heavy atom. The van der Waals surface area contributed by atoms with E-state index < -0.39 is 0 Å². The van der Waals surface area contributed by atoms with Crippen molar-refractivity contribution in [2.75, 3.05) is 38.2 Å². The molecule has 4 rings (SSSR count). The highest BCUT2D eigenvalue weighted by molar-refractivity contribution is 5.90. The van der Waals surface area contributed by atoms with Gasteiger partial charge >= 0.3 is 0 Å². The molecule has 33 heavy (non-hydrogen) atoms. The largest absolute Gasteiger partial charge is 0.379 e. The number of nitrogens with one attached hydrogen (secondary N) is 2. The Kier molecular flexibility index (Phi) is 7.72. The molecule has 0 atom stereocenters. The minimum absolute atomic E-state index is 0.0206. The second-order valence-corrected chi connectivity index (χ2v) is 7.83. The first-order chi connectivity index (χ1) is 16.2. The van der Waals surface area contributed by atoms with Crippen molar-refractivity contribution in [2.24, 2.45) is 0 Å². The van der Waals surface area contributed by atoms with Crippen LogP contribution in [0.4, 0.5) is 5.69 Å². The van der Waals surface area contributed by atoms with Crippen LogP contribution in [0.15, 0.2) is 54.9 Å². The average molecular weight is 450 g/mol. The number of anilines is 1. The van der Waals surface area contributed by atoms with Crippen molar-refractivity contribution in [1.29, 1.82) is 0 Å². The molecule has 2 N–H and O–H groups in total. The fourth-order valence-electron chi connectivity index (χ4n) is 3.56. The zero-order valence-electron chi connectivity index (χ0n) is 18.3. The summed E-state index contributed by atoms with van der Waals surface area (Å²) >= 11 is 0. The molecular formula is C23H27N7O3. The molecule has 10 nitrogen and oxygen atoms in total. The second kappa shape index (κ2) is 11.3. The average Bonchev–Trinajstić information content (AvgIpc) is 3.38. The number of morpholine rings is 1. The first kappa shape index (κ1) is 22.6. The molecular weight excluding hydrogens is 422 g/mol. The van der Waals surface area contributed by atoms with E-state index in [-0.39, 0.29) is 18.2 Å². The number of carbonyl (C=O) groups is 2. The summed E-state index contributed by atoms with van der Waals surface area (Å²) in [6, 6.07) is 15.0. The van der Waals surface area contributed by atoms with Gasteiger partial charge in [0.05, 0.1) is 25.3 Å². The predicted octanol–water partition coefficient (Wildman–Crippen LogP) is 1.18. The van der Waals surface area contributed by atoms with E-state index in [9.17, 15) is 9.59 Å². The van der Waals surface area contributed by atoms with Crippen LogP contribution in [0.2, 0.25) is 0 Å². The summed E-state index contributed by atoms with van der Waals surface area (Å²) in [4.78, 5) is 26.9. The molecule has 172 valence electrons. The van der Waals surface area contributed by atoms with Gasteiger partial charge in [0, 0.05) is 38.3 Å². The highest BCUT2D eigenvalue weighted by Crippen LogP contribution is 2.12. The van der Waals surface area contributed by atoms with E-state index in [2.05, 4.69) is 31.1 Å². The summed E-state index contributed by atoms with van der Waals surface area (Å²) in [6.07, 6.45) is 2.23. The van der Waals surface area contributed by atoms with E-state index in [0.717, 1.165) is 55.3 Å². The van der Waals surface area contributed by atoms with Crippen LogP contribution in [-0.2, 0) is 27.3 Å². The molecule has 1 aromatic heterocycles. The number of aromatic nitrogens is 4. The van der Waals surface area contributed by atoms with Crippen LogP contribution in [0.1, 0.15) is 17.5 Å². The van der Waals surface area contributed by atoms with Gasteiger partial charge in [-0.25, -0.2) is 4.68 Å². The molecule has 3 aromatic rings. The summed E-state index contributed by atoms with van der Waals surface area (Å²) in [5.74, 6) is -0.0991. The minimum Gasteiger partial charge on any atom is -0.379 e. The van der Waals surface area contributed by atoms with E-state index in [4.69, 9.17) is 4.74 Å². The van der Waals surface area contributed by atoms with Crippen molar-refractivity contribution < 1.29 is 14.3 Å². The van der Waals surface area contributed by atoms with Gasteiger partial charge in [0.2, 0.25) is 11.8 Å². The lowest BCUT2D eigenvalue weighted by Gasteiger charge is -2.26. The number of ether oxygens (including phenoxy) is 1. The number of hydrogen-bond acceptors (Lipinski definition) is 7. The first-order valence-electron chi connectivity index (χ1n) is 10.9. The summed E-state index contributed by atoms with van der Waals surface area (Å²) in [5.41, 5.74) is 3.37. The molecule has 10 heteroatoms. The maximum absolute atomic E-state index is 12.4. The van der Waals surface area contributed by atoms with Gasteiger partial charge in [0.25, 0.3) is 0 Å². The van der Waals surface area contributed by atoms with E-state index in [0.29, 0.717) is 13.0 Å². The summed E-state index contributed by atoms with van der Waals surface area (Å²) in [5, 5.41) is 16.9. The van der Waals surface area contributed by atoms with Crippen LogP contribution in [0.3, 0.4) is 0 Å². The van der Waals surface area contributed by atoms with Crippen molar-refractivity contribution >= 4 is 17.5 Å². The highest BCUT2D eigenvalue weighted by Gasteiger charge is 2.12. The molecule has 2 heterocycles. The third kappa shape index (κ3) is 6.93. The van der Waals surface area contributed by atoms with E-state index in [1.54, 1.807) is 4.68 Å². The van der Waals surface area contributed by atoms with E-state index in [1.807, 2.05) is 48.5 Å². The maximum Gasteiger partial charge on any atom is 0.225 e. The number of rotatable bonds is 9. The van der Waals surface area contributed by atoms with Gasteiger partial charge in [0.15, 0.2) is 0 Å². The SMILES string of the molecule is O=C(Cc1ccc(-n2cnnn2)cc1)NCc1cccc(NC(=O)CCN2CCOCC2)c1. The lowest BCUT2D eigenvalue weighted by atomic mass is 10.1. The Morgan fingerprint density at radius 3 is 2.58 bits per heavy atom. The third-order valence-corrected chi connectivity index (χ3v) is 5.37. The van der Waals surface area contributed by atoms with E-state index in [1.165, 1.54) is 6.33 Å². The standard InChI is InChI=1S/C23H27N7O3/c31-22(8-9-29-10-12-33-13-11-29)26-20-3-1-2-19(14-20)16-24-23(32)15-18-4-6-21(7-5-18)30-17-25-27-28-30/h1-7,14,17H,8-13,15-16H2,(H,24,32)(H,26,31). The molecule has 2 aromatic carbocycles. The summed E-state index contributed by atoms with van der Waals surface area (Å²) in [7, 11) is 0. The van der Waals surface area contributed by atoms with Crippen molar-refractivity contribution in [2.45, 2.75) is 19.4 Å². The third-order valence-electron chi connectivity index (χ3n) is 5.37. The summed E-state index contributed by atoms with van der Waals surface area (Å²) in [6.45, 7) is 4.29. The van der Waals surface area contributed by atoms with Gasteiger partial charge in [-0.2, -0.15) is 0 Å². The van der Waals surface area contributed by atoms with Crippen molar-refractivity contribution in [1.82, 2.24) is 30.4 Å². The van der Waals surface area contributed by atoms with Gasteiger partial charge in [-0.1, -0.05) is 24.3 Å². The first-order valence-corrected chi connectivity index (χ1v) is 10.9. The number of benzene rings is 2. The lowest BCUT2D eigenvalue weighted by Crippen LogP contribution is -2.38. The molecule has 1 fully saturated rings. The number of carbonyl (C=O) groups excluding carboxylic acids is 2. The van der Waals surface area contributed by atoms with Gasteiger partial charge in [-0.15, -0.1) is 5.10 Å². The Balaban J connectivity index is 1.21. The molecule has 0 saturated carbocycles. The zero-order chi connectivity index (χ0) is 22.9. The van der Waals surface area contributed by atoms with Gasteiger partial charge < -0.3 is 15.4 Å². The van der Waals surface area contributed by atoms with E-state index >= 15 is 0 Å². The monoisotopic (exact) mass is 449 g/mol. The molecule has 1 saturated heterocycles. The minimum atomic E-state index is -0.0786. The van der Waals surface area contributed by atoms with Crippen LogP contribution in [0, 0.1) is 0 Å². The maximum atomic E-state index is 12.4. The van der Waals surface area contributed by atoms with Gasteiger partial charge in [-0.05, 0) is 45.8 Å². The molecule has 1 aliphatic heterocycles. The highest BCUT2D eigenvalue weighted by atomic mass is 16.5. The molecule has 0 bridgehead atoms. The Hall–Kier alpha value is -3.63. The van der Waals surface area contributed by atoms with Crippen LogP contribution >= 0.6 is 0 Å². The number of amides is 2. The van der Waals surface area contributed by atoms with Crippen molar-refractivity contribution in [3.8, 4) is 5.69 Å². The Morgan fingerprint density at radius 2 is 1.82 bits per heavy atom. The number of nitrogens with zero attached hydrogens (tertiary/aromatic N) is 5. The molecule has 0 radical (unpaired) electrons. The van der Waals surface area contributed by atoms with Gasteiger partial charge in [0.1, 0.15) is 6.33 Å². The lowest BCUT2D eigenvalue weighted by molar-refractivity contribution is -0.120. The number of tetrazole rings is 1. The zero-order valence-corrected chi connectivity index (χ0v) is 18.3. The fraction of sp³-hybridized carbons (Fsp3) is 0.348. The topological polar surface area (TPSA) is 114 Å². The van der Waals surface area contributed by atoms with Crippen molar-refractivity contribution in [3.05, 3.63) is 66.0 Å². The Bertz CT molecular complexity index is 1050. The molecule has 0 spiro atoms. The molecule has 0 aliphatic carbocycles. The number of hydrogen-bond donors (Lipinski definition) is 2. The van der Waals surface area contributed by atoms with Crippen LogP contribution < -0.4 is 10.6 Å².